The Morgan fingerprint density at radius 1 is 1.14 bits per heavy atom. The van der Waals surface area contributed by atoms with Crippen LogP contribution in [0.15, 0.2) is 34.9 Å². The number of ether oxygens (including phenoxy) is 1. The molecule has 0 atom stereocenters. The van der Waals surface area contributed by atoms with Crippen molar-refractivity contribution in [3.8, 4) is 5.75 Å². The van der Waals surface area contributed by atoms with Crippen molar-refractivity contribution in [1.29, 1.82) is 0 Å². The maximum absolute atomic E-state index is 11.7. The molecule has 2 N–H and O–H groups in total. The summed E-state index contributed by atoms with van der Waals surface area (Å²) in [6.45, 7) is 5.65. The highest BCUT2D eigenvalue weighted by Crippen LogP contribution is 2.24. The fourth-order valence-corrected chi connectivity index (χ4v) is 2.16. The maximum Gasteiger partial charge on any atom is 0.305 e. The Morgan fingerprint density at radius 2 is 1.82 bits per heavy atom. The number of furan rings is 1. The number of hydrogen-bond acceptors (Lipinski definition) is 4. The number of carbonyl (C=O) groups is 2. The van der Waals surface area contributed by atoms with Gasteiger partial charge in [-0.05, 0) is 44.0 Å². The monoisotopic (exact) mass is 302 g/mol. The summed E-state index contributed by atoms with van der Waals surface area (Å²) >= 11 is 0. The van der Waals surface area contributed by atoms with Gasteiger partial charge in [-0.1, -0.05) is 17.7 Å². The molecule has 0 fully saturated rings. The smallest absolute Gasteiger partial charge is 0.305 e. The number of hydrazine groups is 1. The van der Waals surface area contributed by atoms with Crippen LogP contribution in [0.4, 0.5) is 0 Å². The van der Waals surface area contributed by atoms with Crippen LogP contribution >= 0.6 is 0 Å². The van der Waals surface area contributed by atoms with Crippen molar-refractivity contribution in [3.63, 3.8) is 0 Å². The summed E-state index contributed by atoms with van der Waals surface area (Å²) in [5.74, 6) is -0.190. The number of rotatable bonds is 4. The van der Waals surface area contributed by atoms with Crippen LogP contribution in [0, 0.1) is 20.8 Å². The van der Waals surface area contributed by atoms with Crippen molar-refractivity contribution in [2.75, 3.05) is 6.61 Å². The first kappa shape index (κ1) is 15.6. The molecule has 2 amide bonds. The van der Waals surface area contributed by atoms with Crippen LogP contribution in [0.2, 0.25) is 0 Å². The average molecular weight is 302 g/mol. The number of aryl methyl sites for hydroxylation is 3. The molecule has 0 saturated carbocycles. The minimum absolute atomic E-state index is 0.117. The summed E-state index contributed by atoms with van der Waals surface area (Å²) in [5, 5.41) is 0. The van der Waals surface area contributed by atoms with Gasteiger partial charge in [0.2, 0.25) is 0 Å². The van der Waals surface area contributed by atoms with Crippen molar-refractivity contribution < 1.29 is 18.7 Å². The topological polar surface area (TPSA) is 80.6 Å². The molecule has 1 heterocycles. The van der Waals surface area contributed by atoms with Crippen LogP contribution < -0.4 is 15.6 Å². The molecule has 0 saturated heterocycles. The van der Waals surface area contributed by atoms with Crippen LogP contribution in [0.25, 0.3) is 0 Å². The highest BCUT2D eigenvalue weighted by Gasteiger charge is 2.11. The van der Waals surface area contributed by atoms with E-state index in [9.17, 15) is 9.59 Å². The lowest BCUT2D eigenvalue weighted by Gasteiger charge is -2.13. The first-order valence-corrected chi connectivity index (χ1v) is 6.80. The summed E-state index contributed by atoms with van der Waals surface area (Å²) in [4.78, 5) is 23.3. The van der Waals surface area contributed by atoms with Crippen molar-refractivity contribution in [2.24, 2.45) is 0 Å². The molecule has 0 radical (unpaired) electrons. The van der Waals surface area contributed by atoms with Crippen molar-refractivity contribution in [1.82, 2.24) is 10.9 Å². The number of hydrogen-bond donors (Lipinski definition) is 2. The molecule has 0 bridgehead atoms. The molecular weight excluding hydrogens is 284 g/mol. The summed E-state index contributed by atoms with van der Waals surface area (Å²) in [6.07, 6.45) is 1.38. The van der Waals surface area contributed by atoms with Gasteiger partial charge in [-0.25, -0.2) is 0 Å². The van der Waals surface area contributed by atoms with E-state index in [-0.39, 0.29) is 12.4 Å². The first-order chi connectivity index (χ1) is 10.5. The molecule has 6 heteroatoms. The zero-order chi connectivity index (χ0) is 16.1. The molecule has 0 aliphatic rings. The molecular formula is C16H18N2O4. The molecule has 0 aliphatic carbocycles. The van der Waals surface area contributed by atoms with Crippen LogP contribution in [0.3, 0.4) is 0 Å². The maximum atomic E-state index is 11.7. The molecule has 2 aromatic rings. The Bertz CT molecular complexity index is 654. The number of nitrogens with one attached hydrogen (secondary N) is 2. The van der Waals surface area contributed by atoms with Gasteiger partial charge < -0.3 is 9.15 Å². The van der Waals surface area contributed by atoms with Gasteiger partial charge in [-0.3, -0.25) is 20.4 Å². The fraction of sp³-hybridized carbons (Fsp3) is 0.250. The van der Waals surface area contributed by atoms with Crippen molar-refractivity contribution >= 4 is 11.8 Å². The minimum atomic E-state index is -0.527. The lowest BCUT2D eigenvalue weighted by Crippen LogP contribution is -2.43. The lowest BCUT2D eigenvalue weighted by atomic mass is 10.1. The number of benzene rings is 1. The molecule has 0 spiro atoms. The van der Waals surface area contributed by atoms with E-state index < -0.39 is 11.8 Å². The molecule has 0 unspecified atom stereocenters. The highest BCUT2D eigenvalue weighted by atomic mass is 16.5. The standard InChI is InChI=1S/C16H18N2O4/c1-10-7-11(2)15(12(3)8-10)22-9-14(19)17-18-16(20)13-5-4-6-21-13/h4-8H,9H2,1-3H3,(H,17,19)(H,18,20). The Hall–Kier alpha value is -2.76. The van der Waals surface area contributed by atoms with E-state index in [0.29, 0.717) is 5.75 Å². The number of amides is 2. The van der Waals surface area contributed by atoms with Gasteiger partial charge in [0.15, 0.2) is 12.4 Å². The van der Waals surface area contributed by atoms with E-state index in [1.807, 2.05) is 32.9 Å². The SMILES string of the molecule is Cc1cc(C)c(OCC(=O)NNC(=O)c2ccco2)c(C)c1. The fourth-order valence-electron chi connectivity index (χ4n) is 2.16. The van der Waals surface area contributed by atoms with E-state index in [2.05, 4.69) is 10.9 Å². The van der Waals surface area contributed by atoms with Gasteiger partial charge >= 0.3 is 5.91 Å². The molecule has 22 heavy (non-hydrogen) atoms. The predicted molar refractivity (Wildman–Crippen MR) is 80.5 cm³/mol. The van der Waals surface area contributed by atoms with Gasteiger partial charge in [-0.2, -0.15) is 0 Å². The highest BCUT2D eigenvalue weighted by molar-refractivity contribution is 5.93. The van der Waals surface area contributed by atoms with Gasteiger partial charge in [0.1, 0.15) is 5.75 Å². The molecule has 116 valence electrons. The minimum Gasteiger partial charge on any atom is -0.483 e. The van der Waals surface area contributed by atoms with E-state index in [1.165, 1.54) is 12.3 Å². The Labute approximate surface area is 128 Å². The summed E-state index contributed by atoms with van der Waals surface area (Å²) in [6, 6.07) is 7.05. The van der Waals surface area contributed by atoms with Crippen LogP contribution in [0.5, 0.6) is 5.75 Å². The lowest BCUT2D eigenvalue weighted by molar-refractivity contribution is -0.123. The largest absolute Gasteiger partial charge is 0.483 e. The zero-order valence-corrected chi connectivity index (χ0v) is 12.7. The van der Waals surface area contributed by atoms with E-state index in [1.54, 1.807) is 6.07 Å². The van der Waals surface area contributed by atoms with Crippen molar-refractivity contribution in [2.45, 2.75) is 20.8 Å². The average Bonchev–Trinajstić information content (AvgIpc) is 2.97. The van der Waals surface area contributed by atoms with Gasteiger partial charge in [-0.15, -0.1) is 0 Å². The third-order valence-electron chi connectivity index (χ3n) is 3.01. The molecule has 6 nitrogen and oxygen atoms in total. The normalized spacial score (nSPS) is 10.1. The Morgan fingerprint density at radius 3 is 2.41 bits per heavy atom. The van der Waals surface area contributed by atoms with Gasteiger partial charge in [0, 0.05) is 0 Å². The van der Waals surface area contributed by atoms with Gasteiger partial charge in [0.05, 0.1) is 6.26 Å². The second-order valence-electron chi connectivity index (χ2n) is 5.00. The van der Waals surface area contributed by atoms with E-state index in [0.717, 1.165) is 16.7 Å². The third kappa shape index (κ3) is 3.88. The molecule has 1 aromatic heterocycles. The van der Waals surface area contributed by atoms with E-state index >= 15 is 0 Å². The Kier molecular flexibility index (Phi) is 4.83. The third-order valence-corrected chi connectivity index (χ3v) is 3.01. The first-order valence-electron chi connectivity index (χ1n) is 6.80. The van der Waals surface area contributed by atoms with Crippen LogP contribution in [-0.4, -0.2) is 18.4 Å². The zero-order valence-electron chi connectivity index (χ0n) is 12.7. The molecule has 0 aliphatic heterocycles. The van der Waals surface area contributed by atoms with Crippen molar-refractivity contribution in [3.05, 3.63) is 53.0 Å². The summed E-state index contributed by atoms with van der Waals surface area (Å²) in [7, 11) is 0. The molecule has 2 rings (SSSR count). The van der Waals surface area contributed by atoms with Crippen LogP contribution in [-0.2, 0) is 4.79 Å². The Balaban J connectivity index is 1.85. The molecule has 1 aromatic carbocycles. The summed E-state index contributed by atoms with van der Waals surface area (Å²) < 4.78 is 10.4. The summed E-state index contributed by atoms with van der Waals surface area (Å²) in [5.41, 5.74) is 7.58. The second kappa shape index (κ2) is 6.80. The van der Waals surface area contributed by atoms with Gasteiger partial charge in [0.25, 0.3) is 5.91 Å². The second-order valence-corrected chi connectivity index (χ2v) is 5.00. The quantitative estimate of drug-likeness (QED) is 0.847. The van der Waals surface area contributed by atoms with Crippen LogP contribution in [0.1, 0.15) is 27.2 Å². The van der Waals surface area contributed by atoms with E-state index in [4.69, 9.17) is 9.15 Å². The predicted octanol–water partition coefficient (Wildman–Crippen LogP) is 2.04. The number of carbonyl (C=O) groups excluding carboxylic acids is 2.